The largest absolute Gasteiger partial charge is 0.490 e. The number of anilines is 2. The van der Waals surface area contributed by atoms with Gasteiger partial charge < -0.3 is 20.1 Å². The van der Waals surface area contributed by atoms with Crippen LogP contribution in [0.15, 0.2) is 76.4 Å². The highest BCUT2D eigenvalue weighted by molar-refractivity contribution is 9.10. The number of amides is 1. The van der Waals surface area contributed by atoms with Crippen LogP contribution in [0.4, 0.5) is 11.6 Å². The molecule has 1 aromatic heterocycles. The van der Waals surface area contributed by atoms with E-state index in [4.69, 9.17) is 9.47 Å². The number of fused-ring (bicyclic) bond motifs is 1. The van der Waals surface area contributed by atoms with Crippen molar-refractivity contribution in [1.82, 2.24) is 20.2 Å². The second-order valence-corrected chi connectivity index (χ2v) is 10.1. The van der Waals surface area contributed by atoms with E-state index in [0.717, 1.165) is 27.9 Å². The maximum absolute atomic E-state index is 13.7. The minimum atomic E-state index is -0.610. The van der Waals surface area contributed by atoms with Crippen LogP contribution in [-0.4, -0.2) is 32.7 Å². The predicted octanol–water partition coefficient (Wildman–Crippen LogP) is 5.96. The third-order valence-corrected chi connectivity index (χ3v) is 7.22. The first-order chi connectivity index (χ1) is 18.9. The molecule has 1 aliphatic rings. The van der Waals surface area contributed by atoms with Gasteiger partial charge in [0.15, 0.2) is 11.5 Å². The van der Waals surface area contributed by atoms with Crippen molar-refractivity contribution in [2.45, 2.75) is 40.3 Å². The van der Waals surface area contributed by atoms with E-state index in [-0.39, 0.29) is 5.91 Å². The van der Waals surface area contributed by atoms with E-state index < -0.39 is 6.04 Å². The molecule has 1 atom stereocenters. The van der Waals surface area contributed by atoms with Crippen molar-refractivity contribution in [1.29, 1.82) is 0 Å². The Kier molecular flexibility index (Phi) is 7.65. The Hall–Kier alpha value is -4.18. The molecule has 0 saturated heterocycles. The van der Waals surface area contributed by atoms with Crippen molar-refractivity contribution in [3.63, 3.8) is 0 Å². The highest BCUT2D eigenvalue weighted by atomic mass is 79.9. The van der Waals surface area contributed by atoms with Crippen molar-refractivity contribution < 1.29 is 14.3 Å². The van der Waals surface area contributed by atoms with Gasteiger partial charge in [0.05, 0.1) is 16.7 Å². The summed E-state index contributed by atoms with van der Waals surface area (Å²) in [6.45, 7) is 8.59. The fourth-order valence-corrected chi connectivity index (χ4v) is 5.16. The van der Waals surface area contributed by atoms with Crippen LogP contribution in [0.1, 0.15) is 42.1 Å². The molecule has 1 aliphatic heterocycles. The summed E-state index contributed by atoms with van der Waals surface area (Å²) in [5, 5.41) is 18.4. The van der Waals surface area contributed by atoms with Crippen LogP contribution >= 0.6 is 15.9 Å². The standard InChI is InChI=1S/C29H29BrN6O3/c1-5-38-24-15-21(14-22(30)27(24)39-16-20-12-8-6-10-17(20)2)26-25(19(4)31-29-33-34-35-36(26)29)28(37)32-23-13-9-7-11-18(23)3/h6-15,26H,5,16H2,1-4H3,(H,32,37)(H,31,33,35). The van der Waals surface area contributed by atoms with E-state index in [0.29, 0.717) is 46.4 Å². The SMILES string of the molecule is CCOc1cc(C2C(C(=O)Nc3ccccc3C)=C(C)Nc3nnnn32)cc(Br)c1OCc1ccccc1C. The maximum Gasteiger partial charge on any atom is 0.255 e. The fourth-order valence-electron chi connectivity index (χ4n) is 4.59. The molecule has 0 bridgehead atoms. The molecule has 1 unspecified atom stereocenters. The molecule has 9 nitrogen and oxygen atoms in total. The molecule has 39 heavy (non-hydrogen) atoms. The van der Waals surface area contributed by atoms with Gasteiger partial charge in [-0.05, 0) is 94.5 Å². The summed E-state index contributed by atoms with van der Waals surface area (Å²) in [4.78, 5) is 13.7. The van der Waals surface area contributed by atoms with Crippen LogP contribution in [-0.2, 0) is 11.4 Å². The first-order valence-corrected chi connectivity index (χ1v) is 13.4. The van der Waals surface area contributed by atoms with Gasteiger partial charge in [0.2, 0.25) is 5.95 Å². The summed E-state index contributed by atoms with van der Waals surface area (Å²) in [7, 11) is 0. The summed E-state index contributed by atoms with van der Waals surface area (Å²) in [5.41, 5.74) is 5.83. The molecule has 0 aliphatic carbocycles. The summed E-state index contributed by atoms with van der Waals surface area (Å²) in [6, 6.07) is 18.9. The second-order valence-electron chi connectivity index (χ2n) is 9.26. The molecule has 0 saturated carbocycles. The first-order valence-electron chi connectivity index (χ1n) is 12.6. The number of carbonyl (C=O) groups excluding carboxylic acids is 1. The number of ether oxygens (including phenoxy) is 2. The van der Waals surface area contributed by atoms with Gasteiger partial charge in [0.1, 0.15) is 12.6 Å². The number of rotatable bonds is 8. The zero-order chi connectivity index (χ0) is 27.5. The van der Waals surface area contributed by atoms with Crippen molar-refractivity contribution in [2.75, 3.05) is 17.2 Å². The number of hydrogen-bond donors (Lipinski definition) is 2. The van der Waals surface area contributed by atoms with Gasteiger partial charge in [-0.1, -0.05) is 47.6 Å². The number of tetrazole rings is 1. The van der Waals surface area contributed by atoms with Gasteiger partial charge in [0, 0.05) is 11.4 Å². The Bertz CT molecular complexity index is 1560. The van der Waals surface area contributed by atoms with Crippen molar-refractivity contribution in [3.8, 4) is 11.5 Å². The monoisotopic (exact) mass is 588 g/mol. The van der Waals surface area contributed by atoms with E-state index in [1.165, 1.54) is 0 Å². The second kappa shape index (κ2) is 11.3. The van der Waals surface area contributed by atoms with Gasteiger partial charge in [-0.25, -0.2) is 0 Å². The van der Waals surface area contributed by atoms with Gasteiger partial charge in [-0.15, -0.1) is 0 Å². The molecule has 0 fully saturated rings. The Morgan fingerprint density at radius 2 is 1.79 bits per heavy atom. The minimum Gasteiger partial charge on any atom is -0.490 e. The lowest BCUT2D eigenvalue weighted by atomic mass is 9.94. The minimum absolute atomic E-state index is 0.255. The predicted molar refractivity (Wildman–Crippen MR) is 153 cm³/mol. The third-order valence-electron chi connectivity index (χ3n) is 6.63. The molecule has 1 amide bonds. The average molecular weight is 589 g/mol. The van der Waals surface area contributed by atoms with Gasteiger partial charge >= 0.3 is 0 Å². The maximum atomic E-state index is 13.7. The van der Waals surface area contributed by atoms with Crippen molar-refractivity contribution in [3.05, 3.63) is 98.7 Å². The summed E-state index contributed by atoms with van der Waals surface area (Å²) < 4.78 is 14.6. The van der Waals surface area contributed by atoms with Crippen molar-refractivity contribution in [2.24, 2.45) is 0 Å². The lowest BCUT2D eigenvalue weighted by Crippen LogP contribution is -2.31. The Morgan fingerprint density at radius 1 is 1.05 bits per heavy atom. The van der Waals surface area contributed by atoms with Crippen molar-refractivity contribution >= 4 is 33.5 Å². The summed E-state index contributed by atoms with van der Waals surface area (Å²) >= 11 is 3.69. The lowest BCUT2D eigenvalue weighted by molar-refractivity contribution is -0.113. The molecule has 4 aromatic rings. The molecule has 0 radical (unpaired) electrons. The summed E-state index contributed by atoms with van der Waals surface area (Å²) in [6.07, 6.45) is 0. The zero-order valence-electron chi connectivity index (χ0n) is 22.2. The van der Waals surface area contributed by atoms with E-state index in [9.17, 15) is 4.79 Å². The number of nitrogens with zero attached hydrogens (tertiary/aromatic N) is 4. The number of hydrogen-bond acceptors (Lipinski definition) is 7. The quantitative estimate of drug-likeness (QED) is 0.262. The van der Waals surface area contributed by atoms with E-state index >= 15 is 0 Å². The molecule has 10 heteroatoms. The van der Waals surface area contributed by atoms with Crippen LogP contribution in [0.2, 0.25) is 0 Å². The van der Waals surface area contributed by atoms with Crippen LogP contribution in [0.25, 0.3) is 0 Å². The van der Waals surface area contributed by atoms with E-state index in [2.05, 4.69) is 55.1 Å². The lowest BCUT2D eigenvalue weighted by Gasteiger charge is -2.29. The number of aromatic nitrogens is 4. The molecular weight excluding hydrogens is 560 g/mol. The zero-order valence-corrected chi connectivity index (χ0v) is 23.7. The van der Waals surface area contributed by atoms with Crippen LogP contribution in [0, 0.1) is 13.8 Å². The molecular formula is C29H29BrN6O3. The number of allylic oxidation sites excluding steroid dienone is 1. The molecule has 5 rings (SSSR count). The van der Waals surface area contributed by atoms with E-state index in [1.807, 2.05) is 75.4 Å². The Labute approximate surface area is 235 Å². The normalized spacial score (nSPS) is 14.4. The Morgan fingerprint density at radius 3 is 2.54 bits per heavy atom. The van der Waals surface area contributed by atoms with Gasteiger partial charge in [0.25, 0.3) is 5.91 Å². The third kappa shape index (κ3) is 5.37. The Balaban J connectivity index is 1.54. The number of carbonyl (C=O) groups is 1. The van der Waals surface area contributed by atoms with Crippen LogP contribution < -0.4 is 20.1 Å². The topological polar surface area (TPSA) is 103 Å². The van der Waals surface area contributed by atoms with Crippen LogP contribution in [0.5, 0.6) is 11.5 Å². The average Bonchev–Trinajstić information content (AvgIpc) is 3.37. The molecule has 2 N–H and O–H groups in total. The molecule has 3 aromatic carbocycles. The number of halogens is 1. The molecule has 200 valence electrons. The highest BCUT2D eigenvalue weighted by Gasteiger charge is 2.35. The number of nitrogens with one attached hydrogen (secondary N) is 2. The highest BCUT2D eigenvalue weighted by Crippen LogP contribution is 2.43. The van der Waals surface area contributed by atoms with E-state index in [1.54, 1.807) is 4.68 Å². The number of para-hydroxylation sites is 1. The van der Waals surface area contributed by atoms with Gasteiger partial charge in [-0.2, -0.15) is 4.68 Å². The molecule has 0 spiro atoms. The smallest absolute Gasteiger partial charge is 0.255 e. The molecule has 2 heterocycles. The van der Waals surface area contributed by atoms with Crippen LogP contribution in [0.3, 0.4) is 0 Å². The first kappa shape index (κ1) is 26.4. The summed E-state index contributed by atoms with van der Waals surface area (Å²) in [5.74, 6) is 1.33. The number of aryl methyl sites for hydroxylation is 2. The number of benzene rings is 3. The van der Waals surface area contributed by atoms with Gasteiger partial charge in [-0.3, -0.25) is 4.79 Å². The fraction of sp³-hybridized carbons (Fsp3) is 0.241.